The number of rotatable bonds is 7. The van der Waals surface area contributed by atoms with Crippen LogP contribution in [0.3, 0.4) is 0 Å². The van der Waals surface area contributed by atoms with Crippen LogP contribution in [0.1, 0.15) is 11.1 Å². The molecule has 0 fully saturated rings. The third kappa shape index (κ3) is 5.19. The molecule has 11 heteroatoms. The molecule has 2 N–H and O–H groups in total. The lowest BCUT2D eigenvalue weighted by atomic mass is 10.1. The van der Waals surface area contributed by atoms with Gasteiger partial charge in [0.05, 0.1) is 20.4 Å². The van der Waals surface area contributed by atoms with Crippen molar-refractivity contribution >= 4 is 37.1 Å². The van der Waals surface area contributed by atoms with Gasteiger partial charge in [-0.05, 0) is 67.4 Å². The van der Waals surface area contributed by atoms with Gasteiger partial charge in [-0.3, -0.25) is 19.6 Å². The van der Waals surface area contributed by atoms with Crippen molar-refractivity contribution in [2.24, 2.45) is 0 Å². The molecular weight excluding hydrogens is 442 g/mol. The maximum absolute atomic E-state index is 12.7. The Morgan fingerprint density at radius 2 is 1.26 bits per heavy atom. The van der Waals surface area contributed by atoms with Crippen LogP contribution in [0.25, 0.3) is 0 Å². The number of anilines is 2. The minimum atomic E-state index is -4.00. The van der Waals surface area contributed by atoms with Crippen LogP contribution in [0.4, 0.5) is 17.1 Å². The van der Waals surface area contributed by atoms with E-state index < -0.39 is 25.0 Å². The Balaban J connectivity index is 1.79. The normalized spacial score (nSPS) is 11.7. The quantitative estimate of drug-likeness (QED) is 0.406. The summed E-state index contributed by atoms with van der Waals surface area (Å²) in [4.78, 5) is 9.88. The summed E-state index contributed by atoms with van der Waals surface area (Å²) in [6.07, 6.45) is 0. The smallest absolute Gasteiger partial charge is 0.269 e. The summed E-state index contributed by atoms with van der Waals surface area (Å²) < 4.78 is 55.1. The molecule has 31 heavy (non-hydrogen) atoms. The fourth-order valence-corrected chi connectivity index (χ4v) is 4.89. The SMILES string of the molecule is Cc1ccc(C)c(NS(=O)(=O)c2ccc(NS(=O)(=O)c3ccc([N+](=O)[O-])cc3)cc2)c1. The molecule has 0 saturated carbocycles. The number of benzene rings is 3. The number of nitro groups is 1. The van der Waals surface area contributed by atoms with Crippen LogP contribution in [0.15, 0.2) is 76.5 Å². The summed E-state index contributed by atoms with van der Waals surface area (Å²) in [5.74, 6) is 0. The maximum Gasteiger partial charge on any atom is 0.269 e. The van der Waals surface area contributed by atoms with Gasteiger partial charge in [-0.15, -0.1) is 0 Å². The summed E-state index contributed by atoms with van der Waals surface area (Å²) in [5.41, 5.74) is 2.04. The van der Waals surface area contributed by atoms with E-state index in [-0.39, 0.29) is 21.2 Å². The zero-order valence-electron chi connectivity index (χ0n) is 16.6. The van der Waals surface area contributed by atoms with Crippen molar-refractivity contribution in [3.8, 4) is 0 Å². The molecule has 9 nitrogen and oxygen atoms in total. The fourth-order valence-electron chi connectivity index (χ4n) is 2.71. The van der Waals surface area contributed by atoms with Crippen LogP contribution in [0.2, 0.25) is 0 Å². The molecule has 3 aromatic rings. The second-order valence-corrected chi connectivity index (χ2v) is 10.2. The second kappa shape index (κ2) is 8.36. The molecule has 0 unspecified atom stereocenters. The van der Waals surface area contributed by atoms with E-state index in [1.165, 1.54) is 24.3 Å². The summed E-state index contributed by atoms with van der Waals surface area (Å²) in [7, 11) is -7.87. The van der Waals surface area contributed by atoms with Crippen LogP contribution < -0.4 is 9.44 Å². The molecule has 0 amide bonds. The van der Waals surface area contributed by atoms with Crippen molar-refractivity contribution in [3.63, 3.8) is 0 Å². The molecule has 0 spiro atoms. The van der Waals surface area contributed by atoms with Gasteiger partial charge in [0.1, 0.15) is 0 Å². The molecule has 0 saturated heterocycles. The van der Waals surface area contributed by atoms with Crippen molar-refractivity contribution < 1.29 is 21.8 Å². The van der Waals surface area contributed by atoms with Gasteiger partial charge in [0.15, 0.2) is 0 Å². The monoisotopic (exact) mass is 461 g/mol. The predicted octanol–water partition coefficient (Wildman–Crippen LogP) is 3.81. The first kappa shape index (κ1) is 22.2. The maximum atomic E-state index is 12.7. The van der Waals surface area contributed by atoms with Crippen molar-refractivity contribution in [2.45, 2.75) is 23.6 Å². The number of nitrogens with one attached hydrogen (secondary N) is 2. The minimum Gasteiger partial charge on any atom is -0.280 e. The minimum absolute atomic E-state index is 0.0355. The lowest BCUT2D eigenvalue weighted by Crippen LogP contribution is -2.15. The Morgan fingerprint density at radius 1 is 0.742 bits per heavy atom. The van der Waals surface area contributed by atoms with E-state index in [1.54, 1.807) is 13.0 Å². The van der Waals surface area contributed by atoms with Crippen LogP contribution in [-0.4, -0.2) is 21.8 Å². The van der Waals surface area contributed by atoms with E-state index in [0.717, 1.165) is 35.4 Å². The van der Waals surface area contributed by atoms with Gasteiger partial charge in [-0.2, -0.15) is 0 Å². The summed E-state index contributed by atoms with van der Waals surface area (Å²) in [5, 5.41) is 10.7. The number of sulfonamides is 2. The summed E-state index contributed by atoms with van der Waals surface area (Å²) >= 11 is 0. The number of nitro benzene ring substituents is 1. The molecular formula is C20H19N3O6S2. The molecule has 3 aromatic carbocycles. The predicted molar refractivity (Wildman–Crippen MR) is 117 cm³/mol. The molecule has 0 heterocycles. The number of hydrogen-bond acceptors (Lipinski definition) is 6. The lowest BCUT2D eigenvalue weighted by molar-refractivity contribution is -0.384. The van der Waals surface area contributed by atoms with Crippen molar-refractivity contribution in [1.29, 1.82) is 0 Å². The Labute approximate surface area is 180 Å². The van der Waals surface area contributed by atoms with Gasteiger partial charge in [0.2, 0.25) is 0 Å². The third-order valence-electron chi connectivity index (χ3n) is 4.41. The highest BCUT2D eigenvalue weighted by Crippen LogP contribution is 2.23. The number of nitrogens with zero attached hydrogens (tertiary/aromatic N) is 1. The first-order valence-corrected chi connectivity index (χ1v) is 11.9. The Kier molecular flexibility index (Phi) is 6.00. The average Bonchev–Trinajstić information content (AvgIpc) is 2.71. The molecule has 0 aromatic heterocycles. The van der Waals surface area contributed by atoms with E-state index in [9.17, 15) is 26.9 Å². The average molecular weight is 462 g/mol. The molecule has 0 aliphatic carbocycles. The van der Waals surface area contributed by atoms with E-state index in [2.05, 4.69) is 9.44 Å². The van der Waals surface area contributed by atoms with Crippen molar-refractivity contribution in [1.82, 2.24) is 0 Å². The van der Waals surface area contributed by atoms with Crippen molar-refractivity contribution in [2.75, 3.05) is 9.44 Å². The van der Waals surface area contributed by atoms with Gasteiger partial charge >= 0.3 is 0 Å². The van der Waals surface area contributed by atoms with Crippen LogP contribution in [0, 0.1) is 24.0 Å². The van der Waals surface area contributed by atoms with Gasteiger partial charge in [-0.25, -0.2) is 16.8 Å². The number of hydrogen-bond donors (Lipinski definition) is 2. The molecule has 162 valence electrons. The topological polar surface area (TPSA) is 135 Å². The van der Waals surface area contributed by atoms with E-state index in [4.69, 9.17) is 0 Å². The Morgan fingerprint density at radius 3 is 1.81 bits per heavy atom. The van der Waals surface area contributed by atoms with Gasteiger partial charge < -0.3 is 0 Å². The van der Waals surface area contributed by atoms with Gasteiger partial charge in [-0.1, -0.05) is 12.1 Å². The van der Waals surface area contributed by atoms with E-state index in [1.807, 2.05) is 19.1 Å². The number of aryl methyl sites for hydroxylation is 2. The molecule has 0 aliphatic heterocycles. The van der Waals surface area contributed by atoms with Crippen LogP contribution >= 0.6 is 0 Å². The summed E-state index contributed by atoms with van der Waals surface area (Å²) in [6, 6.07) is 15.0. The fraction of sp³-hybridized carbons (Fsp3) is 0.100. The zero-order chi connectivity index (χ0) is 22.8. The molecule has 0 bridgehead atoms. The highest BCUT2D eigenvalue weighted by Gasteiger charge is 2.18. The summed E-state index contributed by atoms with van der Waals surface area (Å²) in [6.45, 7) is 3.64. The van der Waals surface area contributed by atoms with Crippen molar-refractivity contribution in [3.05, 3.63) is 88.0 Å². The molecule has 0 radical (unpaired) electrons. The third-order valence-corrected chi connectivity index (χ3v) is 7.19. The first-order chi connectivity index (χ1) is 14.5. The van der Waals surface area contributed by atoms with Gasteiger partial charge in [0, 0.05) is 17.8 Å². The molecule has 0 aliphatic rings. The lowest BCUT2D eigenvalue weighted by Gasteiger charge is -2.12. The Bertz CT molecular complexity index is 1330. The highest BCUT2D eigenvalue weighted by atomic mass is 32.2. The first-order valence-electron chi connectivity index (χ1n) is 8.95. The largest absolute Gasteiger partial charge is 0.280 e. The van der Waals surface area contributed by atoms with E-state index >= 15 is 0 Å². The second-order valence-electron chi connectivity index (χ2n) is 6.80. The highest BCUT2D eigenvalue weighted by molar-refractivity contribution is 7.93. The van der Waals surface area contributed by atoms with Crippen LogP contribution in [0.5, 0.6) is 0 Å². The van der Waals surface area contributed by atoms with Crippen LogP contribution in [-0.2, 0) is 20.0 Å². The molecule has 3 rings (SSSR count). The van der Waals surface area contributed by atoms with E-state index in [0.29, 0.717) is 5.69 Å². The Hall–Kier alpha value is -3.44. The number of non-ortho nitro benzene ring substituents is 1. The van der Waals surface area contributed by atoms with Gasteiger partial charge in [0.25, 0.3) is 25.7 Å². The zero-order valence-corrected chi connectivity index (χ0v) is 18.2. The molecule has 0 atom stereocenters. The standard InChI is InChI=1S/C20H19N3O6S2/c1-14-3-4-15(2)20(13-14)22-31(28,29)18-9-5-16(6-10-18)21-30(26,27)19-11-7-17(8-12-19)23(24)25/h3-13,21-22H,1-2H3.